The van der Waals surface area contributed by atoms with Crippen molar-refractivity contribution < 1.29 is 23.6 Å². The van der Waals surface area contributed by atoms with E-state index in [-0.39, 0.29) is 12.3 Å². The van der Waals surface area contributed by atoms with Crippen LogP contribution in [0.5, 0.6) is 0 Å². The van der Waals surface area contributed by atoms with E-state index < -0.39 is 18.5 Å². The number of carbonyl (C=O) groups excluding carboxylic acids is 3. The number of hydrogen-bond donors (Lipinski definition) is 1. The number of carbonyl (C=O) groups is 3. The molecule has 0 radical (unpaired) electrons. The third-order valence-corrected chi connectivity index (χ3v) is 4.59. The summed E-state index contributed by atoms with van der Waals surface area (Å²) in [6.45, 7) is 4.67. The van der Waals surface area contributed by atoms with Crippen molar-refractivity contribution in [1.29, 1.82) is 0 Å². The number of nitrogens with one attached hydrogen (secondary N) is 1. The molecule has 0 fully saturated rings. The number of amides is 2. The topological polar surface area (TPSA) is 102 Å². The zero-order chi connectivity index (χ0) is 21.5. The fraction of sp³-hybridized carbons (Fsp3) is 0.273. The van der Waals surface area contributed by atoms with Crippen LogP contribution in [0.2, 0.25) is 0 Å². The van der Waals surface area contributed by atoms with E-state index in [0.717, 1.165) is 5.39 Å². The number of aromatic nitrogens is 1. The Hall–Kier alpha value is -3.68. The number of ether oxygens (including phenoxy) is 1. The third kappa shape index (κ3) is 5.02. The summed E-state index contributed by atoms with van der Waals surface area (Å²) in [5, 5.41) is 7.24. The van der Waals surface area contributed by atoms with Gasteiger partial charge >= 0.3 is 5.97 Å². The van der Waals surface area contributed by atoms with Crippen LogP contribution in [0.15, 0.2) is 53.1 Å². The molecule has 2 aromatic carbocycles. The summed E-state index contributed by atoms with van der Waals surface area (Å²) in [5.74, 6) is -1.12. The Balaban J connectivity index is 1.49. The van der Waals surface area contributed by atoms with Gasteiger partial charge in [0, 0.05) is 29.7 Å². The van der Waals surface area contributed by atoms with E-state index in [4.69, 9.17) is 9.26 Å². The lowest BCUT2D eigenvalue weighted by Crippen LogP contribution is -2.30. The maximum absolute atomic E-state index is 12.3. The van der Waals surface area contributed by atoms with Crippen LogP contribution in [0.1, 0.15) is 29.9 Å². The molecule has 30 heavy (non-hydrogen) atoms. The Labute approximate surface area is 173 Å². The highest BCUT2D eigenvalue weighted by Crippen LogP contribution is 2.18. The largest absolute Gasteiger partial charge is 0.455 e. The van der Waals surface area contributed by atoms with Gasteiger partial charge in [0.15, 0.2) is 12.2 Å². The first-order valence-electron chi connectivity index (χ1n) is 9.70. The van der Waals surface area contributed by atoms with Crippen LogP contribution in [-0.4, -0.2) is 47.5 Å². The van der Waals surface area contributed by atoms with Gasteiger partial charge in [-0.15, -0.1) is 0 Å². The first kappa shape index (κ1) is 21.0. The normalized spacial score (nSPS) is 10.6. The lowest BCUT2D eigenvalue weighted by Gasteiger charge is -2.18. The van der Waals surface area contributed by atoms with Gasteiger partial charge in [0.25, 0.3) is 11.8 Å². The van der Waals surface area contributed by atoms with Gasteiger partial charge in [0.05, 0.1) is 6.42 Å². The Bertz CT molecular complexity index is 1040. The van der Waals surface area contributed by atoms with Crippen LogP contribution in [0.4, 0.5) is 5.69 Å². The predicted octanol–water partition coefficient (Wildman–Crippen LogP) is 3.03. The molecular formula is C22H23N3O5. The van der Waals surface area contributed by atoms with E-state index in [9.17, 15) is 14.4 Å². The number of hydrogen-bond acceptors (Lipinski definition) is 6. The van der Waals surface area contributed by atoms with Crippen molar-refractivity contribution in [1.82, 2.24) is 10.1 Å². The van der Waals surface area contributed by atoms with Gasteiger partial charge in [-0.25, -0.2) is 0 Å². The molecule has 1 heterocycles. The van der Waals surface area contributed by atoms with Crippen LogP contribution in [0.25, 0.3) is 11.0 Å². The fourth-order valence-corrected chi connectivity index (χ4v) is 2.99. The first-order chi connectivity index (χ1) is 14.5. The van der Waals surface area contributed by atoms with E-state index in [0.29, 0.717) is 35.6 Å². The van der Waals surface area contributed by atoms with Crippen molar-refractivity contribution in [2.75, 3.05) is 25.0 Å². The van der Waals surface area contributed by atoms with Crippen molar-refractivity contribution in [3.63, 3.8) is 0 Å². The number of anilines is 1. The minimum atomic E-state index is -0.579. The molecule has 2 amide bonds. The molecule has 0 atom stereocenters. The minimum Gasteiger partial charge on any atom is -0.455 e. The molecule has 8 nitrogen and oxygen atoms in total. The third-order valence-electron chi connectivity index (χ3n) is 4.59. The lowest BCUT2D eigenvalue weighted by molar-refractivity contribution is -0.146. The molecule has 156 valence electrons. The molecule has 0 spiro atoms. The quantitative estimate of drug-likeness (QED) is 0.574. The van der Waals surface area contributed by atoms with Crippen LogP contribution in [0.3, 0.4) is 0 Å². The zero-order valence-electron chi connectivity index (χ0n) is 16.9. The molecule has 0 saturated heterocycles. The summed E-state index contributed by atoms with van der Waals surface area (Å²) in [5.41, 5.74) is 2.10. The summed E-state index contributed by atoms with van der Waals surface area (Å²) < 4.78 is 10.2. The number of benzene rings is 2. The van der Waals surface area contributed by atoms with Crippen LogP contribution in [-0.2, 0) is 20.7 Å². The zero-order valence-corrected chi connectivity index (χ0v) is 16.9. The average Bonchev–Trinajstić information content (AvgIpc) is 3.16. The molecule has 3 rings (SSSR count). The number of para-hydroxylation sites is 1. The van der Waals surface area contributed by atoms with Gasteiger partial charge < -0.3 is 19.5 Å². The number of fused-ring (bicyclic) bond motifs is 1. The molecule has 0 saturated carbocycles. The summed E-state index contributed by atoms with van der Waals surface area (Å²) in [4.78, 5) is 38.1. The van der Waals surface area contributed by atoms with Gasteiger partial charge in [-0.1, -0.05) is 17.3 Å². The van der Waals surface area contributed by atoms with Crippen molar-refractivity contribution in [3.8, 4) is 0 Å². The Morgan fingerprint density at radius 1 is 1.03 bits per heavy atom. The maximum Gasteiger partial charge on any atom is 0.312 e. The molecule has 0 bridgehead atoms. The molecule has 3 aromatic rings. The van der Waals surface area contributed by atoms with Gasteiger partial charge in [-0.3, -0.25) is 14.4 Å². The molecule has 0 aliphatic carbocycles. The van der Waals surface area contributed by atoms with Crippen molar-refractivity contribution >= 4 is 34.4 Å². The molecular weight excluding hydrogens is 386 g/mol. The summed E-state index contributed by atoms with van der Waals surface area (Å²) in [6, 6.07) is 13.8. The monoisotopic (exact) mass is 409 g/mol. The summed E-state index contributed by atoms with van der Waals surface area (Å²) >= 11 is 0. The van der Waals surface area contributed by atoms with E-state index in [2.05, 4.69) is 10.5 Å². The first-order valence-corrected chi connectivity index (χ1v) is 9.70. The number of rotatable bonds is 8. The molecule has 1 N–H and O–H groups in total. The highest BCUT2D eigenvalue weighted by Gasteiger charge is 2.15. The molecule has 0 aliphatic heterocycles. The molecule has 0 unspecified atom stereocenters. The van der Waals surface area contributed by atoms with E-state index in [1.165, 1.54) is 0 Å². The Morgan fingerprint density at radius 3 is 2.43 bits per heavy atom. The summed E-state index contributed by atoms with van der Waals surface area (Å²) in [6.07, 6.45) is -0.0908. The highest BCUT2D eigenvalue weighted by molar-refractivity contribution is 5.96. The van der Waals surface area contributed by atoms with Crippen molar-refractivity contribution in [2.45, 2.75) is 20.3 Å². The average molecular weight is 409 g/mol. The summed E-state index contributed by atoms with van der Waals surface area (Å²) in [7, 11) is 0. The molecule has 0 aliphatic rings. The maximum atomic E-state index is 12.3. The van der Waals surface area contributed by atoms with Gasteiger partial charge in [-0.05, 0) is 50.2 Å². The van der Waals surface area contributed by atoms with Crippen LogP contribution >= 0.6 is 0 Å². The van der Waals surface area contributed by atoms with Crippen LogP contribution < -0.4 is 5.32 Å². The second-order valence-corrected chi connectivity index (χ2v) is 6.57. The Morgan fingerprint density at radius 2 is 1.73 bits per heavy atom. The SMILES string of the molecule is CCN(CC)C(=O)c1ccc(NC(=O)COC(=O)Cc2noc3ccccc23)cc1. The lowest BCUT2D eigenvalue weighted by atomic mass is 10.1. The number of esters is 1. The Kier molecular flexibility index (Phi) is 6.79. The fourth-order valence-electron chi connectivity index (χ4n) is 2.99. The second-order valence-electron chi connectivity index (χ2n) is 6.57. The predicted molar refractivity (Wildman–Crippen MR) is 111 cm³/mol. The van der Waals surface area contributed by atoms with Gasteiger partial charge in [-0.2, -0.15) is 0 Å². The second kappa shape index (κ2) is 9.69. The van der Waals surface area contributed by atoms with Gasteiger partial charge in [0.2, 0.25) is 0 Å². The van der Waals surface area contributed by atoms with E-state index in [1.807, 2.05) is 26.0 Å². The molecule has 8 heteroatoms. The standard InChI is InChI=1S/C22H23N3O5/c1-3-25(4-2)22(28)15-9-11-16(12-10-15)23-20(26)14-29-21(27)13-18-17-7-5-6-8-19(17)30-24-18/h5-12H,3-4,13-14H2,1-2H3,(H,23,26). The highest BCUT2D eigenvalue weighted by atomic mass is 16.5. The van der Waals surface area contributed by atoms with Crippen LogP contribution in [0, 0.1) is 0 Å². The minimum absolute atomic E-state index is 0.0628. The number of nitrogens with zero attached hydrogens (tertiary/aromatic N) is 2. The van der Waals surface area contributed by atoms with Crippen molar-refractivity contribution in [3.05, 3.63) is 59.8 Å². The molecule has 1 aromatic heterocycles. The van der Waals surface area contributed by atoms with E-state index in [1.54, 1.807) is 41.3 Å². The van der Waals surface area contributed by atoms with Crippen molar-refractivity contribution in [2.24, 2.45) is 0 Å². The van der Waals surface area contributed by atoms with E-state index >= 15 is 0 Å². The van der Waals surface area contributed by atoms with Gasteiger partial charge in [0.1, 0.15) is 5.69 Å². The smallest absolute Gasteiger partial charge is 0.312 e.